The van der Waals surface area contributed by atoms with Crippen LogP contribution >= 0.6 is 11.3 Å². The lowest BCUT2D eigenvalue weighted by Gasteiger charge is -2.34. The molecule has 1 atom stereocenters. The van der Waals surface area contributed by atoms with Crippen molar-refractivity contribution in [1.29, 1.82) is 0 Å². The number of benzene rings is 2. The normalized spacial score (nSPS) is 18.1. The molecule has 1 fully saturated rings. The highest BCUT2D eigenvalue weighted by molar-refractivity contribution is 7.22. The Morgan fingerprint density at radius 2 is 1.79 bits per heavy atom. The van der Waals surface area contributed by atoms with Gasteiger partial charge in [0.2, 0.25) is 5.91 Å². The van der Waals surface area contributed by atoms with Crippen LogP contribution in [0.1, 0.15) is 36.1 Å². The average Bonchev–Trinajstić information content (AvgIpc) is 3.34. The van der Waals surface area contributed by atoms with E-state index in [0.717, 1.165) is 58.1 Å². The number of rotatable bonds is 4. The molecule has 0 radical (unpaired) electrons. The molecule has 9 heteroatoms. The molecule has 1 amide bonds. The SMILES string of the molecule is CC(=O)N1CCN(Cc2ccc3c(c2)CC[C@H](n2cnc4cc(-c5cc(F)cc(F)c5)sc4c2=O)C3)CC1. The minimum Gasteiger partial charge on any atom is -0.340 e. The number of carbonyl (C=O) groups excluding carboxylic acids is 1. The molecule has 2 aromatic carbocycles. The van der Waals surface area contributed by atoms with E-state index < -0.39 is 11.6 Å². The highest BCUT2D eigenvalue weighted by Crippen LogP contribution is 2.33. The van der Waals surface area contributed by atoms with Crippen molar-refractivity contribution in [2.45, 2.75) is 38.8 Å². The second kappa shape index (κ2) is 10.0. The van der Waals surface area contributed by atoms with Gasteiger partial charge in [-0.1, -0.05) is 18.2 Å². The van der Waals surface area contributed by atoms with Crippen molar-refractivity contribution in [3.8, 4) is 10.4 Å². The number of hydrogen-bond acceptors (Lipinski definition) is 5. The second-order valence-corrected chi connectivity index (χ2v) is 11.3. The van der Waals surface area contributed by atoms with Gasteiger partial charge in [-0.05, 0) is 59.7 Å². The molecule has 196 valence electrons. The van der Waals surface area contributed by atoms with Crippen LogP contribution in [0.4, 0.5) is 8.78 Å². The van der Waals surface area contributed by atoms with E-state index in [1.54, 1.807) is 23.9 Å². The van der Waals surface area contributed by atoms with Crippen LogP contribution in [0.3, 0.4) is 0 Å². The number of aromatic nitrogens is 2. The summed E-state index contributed by atoms with van der Waals surface area (Å²) in [4.78, 5) is 34.4. The Hall–Kier alpha value is -3.43. The number of thiophene rings is 1. The first kappa shape index (κ1) is 24.9. The van der Waals surface area contributed by atoms with Gasteiger partial charge in [-0.25, -0.2) is 13.8 Å². The maximum Gasteiger partial charge on any atom is 0.271 e. The van der Waals surface area contributed by atoms with Gasteiger partial charge in [-0.15, -0.1) is 11.3 Å². The number of halogens is 2. The molecule has 0 unspecified atom stereocenters. The summed E-state index contributed by atoms with van der Waals surface area (Å²) in [7, 11) is 0. The molecule has 1 aliphatic heterocycles. The van der Waals surface area contributed by atoms with Crippen LogP contribution in [0.2, 0.25) is 0 Å². The van der Waals surface area contributed by atoms with Gasteiger partial charge in [0.1, 0.15) is 16.3 Å². The summed E-state index contributed by atoms with van der Waals surface area (Å²) < 4.78 is 29.7. The fourth-order valence-electron chi connectivity index (χ4n) is 5.63. The zero-order valence-electron chi connectivity index (χ0n) is 21.1. The Balaban J connectivity index is 1.19. The molecule has 1 aliphatic carbocycles. The topological polar surface area (TPSA) is 58.4 Å². The molecule has 6 nitrogen and oxygen atoms in total. The zero-order chi connectivity index (χ0) is 26.4. The van der Waals surface area contributed by atoms with Crippen LogP contribution in [-0.2, 0) is 24.2 Å². The van der Waals surface area contributed by atoms with Crippen molar-refractivity contribution in [2.75, 3.05) is 26.2 Å². The monoisotopic (exact) mass is 534 g/mol. The average molecular weight is 535 g/mol. The Labute approximate surface area is 223 Å². The van der Waals surface area contributed by atoms with Crippen molar-refractivity contribution in [1.82, 2.24) is 19.4 Å². The molecule has 3 heterocycles. The van der Waals surface area contributed by atoms with E-state index >= 15 is 0 Å². The van der Waals surface area contributed by atoms with Crippen molar-refractivity contribution in [2.24, 2.45) is 0 Å². The van der Waals surface area contributed by atoms with Gasteiger partial charge < -0.3 is 4.90 Å². The maximum atomic E-state index is 13.7. The van der Waals surface area contributed by atoms with Crippen LogP contribution in [0.15, 0.2) is 53.6 Å². The second-order valence-electron chi connectivity index (χ2n) is 10.2. The largest absolute Gasteiger partial charge is 0.340 e. The summed E-state index contributed by atoms with van der Waals surface area (Å²) in [5.41, 5.74) is 4.69. The number of aryl methyl sites for hydroxylation is 1. The number of piperazine rings is 1. The fraction of sp³-hybridized carbons (Fsp3) is 0.345. The third kappa shape index (κ3) is 4.88. The lowest BCUT2D eigenvalue weighted by atomic mass is 9.87. The first-order chi connectivity index (χ1) is 18.3. The number of amides is 1. The molecular weight excluding hydrogens is 506 g/mol. The summed E-state index contributed by atoms with van der Waals surface area (Å²) in [5, 5.41) is 0. The Morgan fingerprint density at radius 3 is 2.53 bits per heavy atom. The van der Waals surface area contributed by atoms with Gasteiger partial charge in [-0.2, -0.15) is 0 Å². The van der Waals surface area contributed by atoms with E-state index in [4.69, 9.17) is 0 Å². The molecule has 2 aromatic heterocycles. The van der Waals surface area contributed by atoms with Crippen molar-refractivity contribution >= 4 is 27.5 Å². The zero-order valence-corrected chi connectivity index (χ0v) is 21.9. The summed E-state index contributed by atoms with van der Waals surface area (Å²) in [6.45, 7) is 5.82. The van der Waals surface area contributed by atoms with Crippen LogP contribution in [-0.4, -0.2) is 51.4 Å². The van der Waals surface area contributed by atoms with Gasteiger partial charge in [0.15, 0.2) is 0 Å². The summed E-state index contributed by atoms with van der Waals surface area (Å²) in [6, 6.07) is 11.7. The maximum absolute atomic E-state index is 13.7. The van der Waals surface area contributed by atoms with Crippen LogP contribution < -0.4 is 5.56 Å². The minimum atomic E-state index is -0.651. The lowest BCUT2D eigenvalue weighted by molar-refractivity contribution is -0.130. The van der Waals surface area contributed by atoms with E-state index in [1.165, 1.54) is 40.2 Å². The molecule has 2 aliphatic rings. The Kier molecular flexibility index (Phi) is 6.57. The molecule has 0 bridgehead atoms. The molecule has 0 saturated carbocycles. The van der Waals surface area contributed by atoms with E-state index in [1.807, 2.05) is 4.90 Å². The minimum absolute atomic E-state index is 0.00886. The Bertz CT molecular complexity index is 1570. The number of fused-ring (bicyclic) bond motifs is 2. The van der Waals surface area contributed by atoms with Crippen molar-refractivity contribution in [3.63, 3.8) is 0 Å². The molecular formula is C29H28F2N4O2S. The van der Waals surface area contributed by atoms with Crippen LogP contribution in [0.5, 0.6) is 0 Å². The highest BCUT2D eigenvalue weighted by Gasteiger charge is 2.24. The third-order valence-electron chi connectivity index (χ3n) is 7.70. The predicted octanol–water partition coefficient (Wildman–Crippen LogP) is 4.80. The van der Waals surface area contributed by atoms with Crippen LogP contribution in [0, 0.1) is 11.6 Å². The van der Waals surface area contributed by atoms with Crippen molar-refractivity contribution < 1.29 is 13.6 Å². The van der Waals surface area contributed by atoms with Gasteiger partial charge >= 0.3 is 0 Å². The van der Waals surface area contributed by atoms with Gasteiger partial charge in [0.25, 0.3) is 5.56 Å². The van der Waals surface area contributed by atoms with Gasteiger partial charge in [-0.3, -0.25) is 19.1 Å². The molecule has 1 saturated heterocycles. The highest BCUT2D eigenvalue weighted by atomic mass is 32.1. The lowest BCUT2D eigenvalue weighted by Crippen LogP contribution is -2.47. The molecule has 6 rings (SSSR count). The molecule has 38 heavy (non-hydrogen) atoms. The first-order valence-corrected chi connectivity index (χ1v) is 13.7. The molecule has 0 N–H and O–H groups in total. The summed E-state index contributed by atoms with van der Waals surface area (Å²) in [5.74, 6) is -1.16. The number of hydrogen-bond donors (Lipinski definition) is 0. The quantitative estimate of drug-likeness (QED) is 0.378. The van der Waals surface area contributed by atoms with Crippen LogP contribution in [0.25, 0.3) is 20.7 Å². The van der Waals surface area contributed by atoms with Gasteiger partial charge in [0.05, 0.1) is 11.8 Å². The van der Waals surface area contributed by atoms with E-state index in [-0.39, 0.29) is 17.5 Å². The fourth-order valence-corrected chi connectivity index (χ4v) is 6.66. The van der Waals surface area contributed by atoms with Gasteiger partial charge in [0, 0.05) is 56.6 Å². The Morgan fingerprint density at radius 1 is 1.03 bits per heavy atom. The first-order valence-electron chi connectivity index (χ1n) is 12.9. The smallest absolute Gasteiger partial charge is 0.271 e. The van der Waals surface area contributed by atoms with Crippen molar-refractivity contribution in [3.05, 3.63) is 87.5 Å². The summed E-state index contributed by atoms with van der Waals surface area (Å²) >= 11 is 1.22. The van der Waals surface area contributed by atoms with E-state index in [0.29, 0.717) is 20.7 Å². The third-order valence-corrected chi connectivity index (χ3v) is 8.86. The number of carbonyl (C=O) groups is 1. The summed E-state index contributed by atoms with van der Waals surface area (Å²) in [6.07, 6.45) is 4.09. The van der Waals surface area contributed by atoms with E-state index in [9.17, 15) is 18.4 Å². The predicted molar refractivity (Wildman–Crippen MR) is 144 cm³/mol. The standard InChI is InChI=1S/C29H28F2N4O2S/c1-18(36)34-8-6-33(7-9-34)16-19-2-3-21-13-25(5-4-20(21)10-19)35-17-32-26-15-27(38-28(26)29(35)37)22-11-23(30)14-24(31)12-22/h2-3,10-12,14-15,17,25H,4-9,13,16H2,1H3/t25-/m0/s1. The molecule has 0 spiro atoms. The molecule has 4 aromatic rings. The number of nitrogens with zero attached hydrogens (tertiary/aromatic N) is 4. The van der Waals surface area contributed by atoms with E-state index in [2.05, 4.69) is 28.1 Å².